The fraction of sp³-hybridized carbons (Fsp3) is 0.962. The Morgan fingerprint density at radius 3 is 2.47 bits per heavy atom. The van der Waals surface area contributed by atoms with Gasteiger partial charge in [-0.1, -0.05) is 20.8 Å². The fourth-order valence-electron chi connectivity index (χ4n) is 9.25. The molecule has 4 rings (SSSR count). The quantitative estimate of drug-likeness (QED) is 0.288. The van der Waals surface area contributed by atoms with Crippen molar-refractivity contribution in [3.63, 3.8) is 0 Å². The van der Waals surface area contributed by atoms with Crippen molar-refractivity contribution in [3.05, 3.63) is 0 Å². The van der Waals surface area contributed by atoms with E-state index < -0.39 is 0 Å². The lowest BCUT2D eigenvalue weighted by Gasteiger charge is -2.62. The Morgan fingerprint density at radius 1 is 1.06 bits per heavy atom. The summed E-state index contributed by atoms with van der Waals surface area (Å²) in [6, 6.07) is 0. The van der Waals surface area contributed by atoms with Crippen molar-refractivity contribution < 1.29 is 18.6 Å². The maximum atomic E-state index is 11.9. The SMILES string of the molecule is CCOC(=O)CCC(C)C1CCC2C3C[C@H](OP)[C@@H]4C[C@H](P=O)CC[C@]4(C)C3CC[C@]12C. The third-order valence-electron chi connectivity index (χ3n) is 10.8. The summed E-state index contributed by atoms with van der Waals surface area (Å²) in [4.78, 5) is 11.9. The van der Waals surface area contributed by atoms with E-state index in [-0.39, 0.29) is 12.1 Å². The van der Waals surface area contributed by atoms with Crippen LogP contribution in [0, 0.1) is 46.3 Å². The van der Waals surface area contributed by atoms with Crippen LogP contribution in [0.2, 0.25) is 0 Å². The Kier molecular flexibility index (Phi) is 7.76. The third-order valence-corrected chi connectivity index (χ3v) is 11.9. The van der Waals surface area contributed by atoms with Crippen LogP contribution in [0.3, 0.4) is 0 Å². The van der Waals surface area contributed by atoms with Crippen LogP contribution < -0.4 is 0 Å². The molecule has 4 fully saturated rings. The zero-order chi connectivity index (χ0) is 23.1. The number of rotatable bonds is 7. The summed E-state index contributed by atoms with van der Waals surface area (Å²) in [5.74, 6) is 4.06. The molecule has 4 saturated carbocycles. The Balaban J connectivity index is 1.51. The molecule has 182 valence electrons. The molecule has 6 heteroatoms. The first kappa shape index (κ1) is 25.1. The highest BCUT2D eigenvalue weighted by atomic mass is 31.1. The van der Waals surface area contributed by atoms with E-state index >= 15 is 0 Å². The largest absolute Gasteiger partial charge is 0.466 e. The summed E-state index contributed by atoms with van der Waals surface area (Å²) < 4.78 is 22.9. The van der Waals surface area contributed by atoms with Crippen molar-refractivity contribution in [1.82, 2.24) is 0 Å². The predicted molar refractivity (Wildman–Crippen MR) is 132 cm³/mol. The van der Waals surface area contributed by atoms with Gasteiger partial charge in [0.25, 0.3) is 0 Å². The molecule has 0 heterocycles. The lowest BCUT2D eigenvalue weighted by Crippen LogP contribution is -2.58. The predicted octanol–water partition coefficient (Wildman–Crippen LogP) is 7.07. The number of carbonyl (C=O) groups is 1. The molecule has 4 nitrogen and oxygen atoms in total. The molecule has 4 aliphatic rings. The molecule has 0 N–H and O–H groups in total. The van der Waals surface area contributed by atoms with E-state index in [4.69, 9.17) is 9.26 Å². The molecule has 0 bridgehead atoms. The van der Waals surface area contributed by atoms with Crippen molar-refractivity contribution in [2.75, 3.05) is 6.61 Å². The maximum absolute atomic E-state index is 11.9. The molecule has 11 atom stereocenters. The van der Waals surface area contributed by atoms with Crippen molar-refractivity contribution >= 4 is 23.9 Å². The Bertz CT molecular complexity index is 701. The topological polar surface area (TPSA) is 52.6 Å². The van der Waals surface area contributed by atoms with Crippen LogP contribution in [0.25, 0.3) is 0 Å². The molecule has 0 aromatic carbocycles. The first-order valence-electron chi connectivity index (χ1n) is 13.1. The Labute approximate surface area is 199 Å². The molecular formula is C26H44O4P2. The van der Waals surface area contributed by atoms with E-state index in [0.717, 1.165) is 37.0 Å². The highest BCUT2D eigenvalue weighted by molar-refractivity contribution is 7.24. The molecule has 0 amide bonds. The average Bonchev–Trinajstić information content (AvgIpc) is 3.14. The van der Waals surface area contributed by atoms with Gasteiger partial charge < -0.3 is 9.26 Å². The van der Waals surface area contributed by atoms with E-state index in [0.29, 0.717) is 55.7 Å². The normalized spacial score (nSPS) is 46.7. The van der Waals surface area contributed by atoms with E-state index in [1.165, 1.54) is 38.5 Å². The number of carbonyl (C=O) groups excluding carboxylic acids is 1. The van der Waals surface area contributed by atoms with E-state index in [1.54, 1.807) is 0 Å². The fourth-order valence-corrected chi connectivity index (χ4v) is 10.1. The molecule has 0 aliphatic heterocycles. The number of hydrogen-bond donors (Lipinski definition) is 0. The van der Waals surface area contributed by atoms with Crippen LogP contribution in [0.15, 0.2) is 0 Å². The molecule has 0 aromatic rings. The standard InChI is InChI=1S/C26H44O4P2/c1-5-29-24(27)9-6-16(2)19-7-8-20-18-15-23(30-31)22-14-17(32-28)10-12-26(22,4)21(18)11-13-25(19,20)3/h16-23H,5-15,31H2,1-4H3/t16?,17-,18?,19?,20?,21?,22+,23+,25-,26-/m1/s1. The summed E-state index contributed by atoms with van der Waals surface area (Å²) in [6.07, 6.45) is 11.6. The minimum absolute atomic E-state index is 0.0393. The number of hydrogen-bond acceptors (Lipinski definition) is 4. The molecule has 0 aromatic heterocycles. The van der Waals surface area contributed by atoms with Gasteiger partial charge in [0.1, 0.15) is 0 Å². The highest BCUT2D eigenvalue weighted by Gasteiger charge is 2.62. The number of fused-ring (bicyclic) bond motifs is 5. The van der Waals surface area contributed by atoms with Gasteiger partial charge in [0.2, 0.25) is 0 Å². The summed E-state index contributed by atoms with van der Waals surface area (Å²) >= 11 is 0. The van der Waals surface area contributed by atoms with E-state index in [2.05, 4.69) is 30.2 Å². The second-order valence-corrected chi connectivity index (χ2v) is 13.2. The van der Waals surface area contributed by atoms with Crippen LogP contribution in [0.5, 0.6) is 0 Å². The van der Waals surface area contributed by atoms with Crippen LogP contribution in [-0.2, 0) is 18.6 Å². The summed E-state index contributed by atoms with van der Waals surface area (Å²) in [5, 5.41) is 0. The molecule has 4 aliphatic carbocycles. The summed E-state index contributed by atoms with van der Waals surface area (Å²) in [7, 11) is 2.90. The highest BCUT2D eigenvalue weighted by Crippen LogP contribution is 2.69. The minimum Gasteiger partial charge on any atom is -0.466 e. The zero-order valence-electron chi connectivity index (χ0n) is 20.6. The molecule has 0 radical (unpaired) electrons. The van der Waals surface area contributed by atoms with Crippen LogP contribution in [0.4, 0.5) is 0 Å². The Hall–Kier alpha value is -0.0400. The summed E-state index contributed by atoms with van der Waals surface area (Å²) in [5.41, 5.74) is 1.02. The van der Waals surface area contributed by atoms with Crippen molar-refractivity contribution in [2.24, 2.45) is 46.3 Å². The third kappa shape index (κ3) is 4.24. The maximum Gasteiger partial charge on any atom is 0.305 e. The van der Waals surface area contributed by atoms with E-state index in [1.807, 2.05) is 6.92 Å². The molecule has 6 unspecified atom stereocenters. The molecule has 0 spiro atoms. The molecule has 0 saturated heterocycles. The molecule has 32 heavy (non-hydrogen) atoms. The van der Waals surface area contributed by atoms with Crippen LogP contribution in [0.1, 0.15) is 91.9 Å². The summed E-state index contributed by atoms with van der Waals surface area (Å²) in [6.45, 7) is 9.86. The van der Waals surface area contributed by atoms with E-state index in [9.17, 15) is 9.36 Å². The van der Waals surface area contributed by atoms with Gasteiger partial charge in [-0.2, -0.15) is 0 Å². The van der Waals surface area contributed by atoms with Crippen LogP contribution in [-0.4, -0.2) is 24.3 Å². The first-order chi connectivity index (χ1) is 15.3. The van der Waals surface area contributed by atoms with Crippen molar-refractivity contribution in [1.29, 1.82) is 0 Å². The second-order valence-electron chi connectivity index (χ2n) is 12.0. The van der Waals surface area contributed by atoms with Gasteiger partial charge in [0.05, 0.1) is 12.7 Å². The van der Waals surface area contributed by atoms with Crippen molar-refractivity contribution in [3.8, 4) is 0 Å². The first-order valence-corrected chi connectivity index (χ1v) is 14.5. The van der Waals surface area contributed by atoms with Gasteiger partial charge in [-0.15, -0.1) is 0 Å². The molecular weight excluding hydrogens is 438 g/mol. The number of esters is 1. The lowest BCUT2D eigenvalue weighted by atomic mass is 9.44. The van der Waals surface area contributed by atoms with Crippen molar-refractivity contribution in [2.45, 2.75) is 104 Å². The van der Waals surface area contributed by atoms with Crippen LogP contribution >= 0.6 is 17.9 Å². The van der Waals surface area contributed by atoms with Gasteiger partial charge in [-0.3, -0.25) is 9.36 Å². The minimum atomic E-state index is -0.0393. The second kappa shape index (κ2) is 9.91. The zero-order valence-corrected chi connectivity index (χ0v) is 22.6. The van der Waals surface area contributed by atoms with Gasteiger partial charge in [0, 0.05) is 21.5 Å². The average molecular weight is 483 g/mol. The van der Waals surface area contributed by atoms with Gasteiger partial charge >= 0.3 is 5.97 Å². The number of ether oxygens (including phenoxy) is 1. The van der Waals surface area contributed by atoms with Gasteiger partial charge in [0.15, 0.2) is 8.46 Å². The van der Waals surface area contributed by atoms with Gasteiger partial charge in [-0.05, 0) is 111 Å². The lowest BCUT2D eigenvalue weighted by molar-refractivity contribution is -0.150. The smallest absolute Gasteiger partial charge is 0.305 e. The monoisotopic (exact) mass is 482 g/mol. The Morgan fingerprint density at radius 2 is 1.78 bits per heavy atom. The van der Waals surface area contributed by atoms with Gasteiger partial charge in [-0.25, -0.2) is 0 Å².